The number of nitro groups is 1. The average molecular weight is 334 g/mol. The van der Waals surface area contributed by atoms with Crippen LogP contribution in [0.4, 0.5) is 5.69 Å². The maximum absolute atomic E-state index is 11.3. The number of nitrogens with zero attached hydrogens (tertiary/aromatic N) is 4. The molecule has 0 spiro atoms. The van der Waals surface area contributed by atoms with Gasteiger partial charge in [-0.05, 0) is 24.5 Å². The largest absolute Gasteiger partial charge is 0.490 e. The van der Waals surface area contributed by atoms with E-state index in [1.54, 1.807) is 11.0 Å². The molecule has 0 aliphatic rings. The lowest BCUT2D eigenvalue weighted by Gasteiger charge is -2.43. The van der Waals surface area contributed by atoms with Crippen LogP contribution in [0.3, 0.4) is 0 Å². The molecule has 2 rings (SSSR count). The standard InChI is InChI=1S/C16H22N4O4/c1-12(19-11-17-10-18-19)16(21,15(2,3)4)9-24-14-7-5-13(6-8-14)20(22)23/h5-8,10-12,21H,9H2,1-4H3. The molecule has 8 nitrogen and oxygen atoms in total. The molecule has 8 heteroatoms. The van der Waals surface area contributed by atoms with Gasteiger partial charge in [0.15, 0.2) is 0 Å². The molecule has 1 aromatic heterocycles. The van der Waals surface area contributed by atoms with Gasteiger partial charge in [0.1, 0.15) is 30.6 Å². The summed E-state index contributed by atoms with van der Waals surface area (Å²) in [6, 6.07) is 5.39. The van der Waals surface area contributed by atoms with Gasteiger partial charge in [0, 0.05) is 12.1 Å². The van der Waals surface area contributed by atoms with Crippen molar-refractivity contribution in [3.8, 4) is 5.75 Å². The van der Waals surface area contributed by atoms with Crippen LogP contribution in [0.25, 0.3) is 0 Å². The zero-order valence-electron chi connectivity index (χ0n) is 14.2. The summed E-state index contributed by atoms with van der Waals surface area (Å²) in [5.41, 5.74) is -1.74. The summed E-state index contributed by atoms with van der Waals surface area (Å²) in [5, 5.41) is 26.1. The van der Waals surface area contributed by atoms with Crippen molar-refractivity contribution in [2.45, 2.75) is 39.3 Å². The summed E-state index contributed by atoms with van der Waals surface area (Å²) in [7, 11) is 0. The maximum Gasteiger partial charge on any atom is 0.269 e. The maximum atomic E-state index is 11.3. The zero-order chi connectivity index (χ0) is 18.0. The Kier molecular flexibility index (Phi) is 4.88. The first-order chi connectivity index (χ1) is 11.1. The monoisotopic (exact) mass is 334 g/mol. The van der Waals surface area contributed by atoms with Crippen molar-refractivity contribution in [2.24, 2.45) is 5.41 Å². The van der Waals surface area contributed by atoms with E-state index < -0.39 is 15.9 Å². The quantitative estimate of drug-likeness (QED) is 0.643. The number of hydrogen-bond donors (Lipinski definition) is 1. The van der Waals surface area contributed by atoms with Crippen LogP contribution in [-0.4, -0.2) is 37.0 Å². The highest BCUT2D eigenvalue weighted by Gasteiger charge is 2.47. The van der Waals surface area contributed by atoms with Crippen LogP contribution < -0.4 is 4.74 Å². The van der Waals surface area contributed by atoms with Crippen molar-refractivity contribution < 1.29 is 14.8 Å². The third-order valence-electron chi connectivity index (χ3n) is 4.33. The lowest BCUT2D eigenvalue weighted by molar-refractivity contribution is -0.384. The second kappa shape index (κ2) is 6.56. The van der Waals surface area contributed by atoms with Crippen molar-refractivity contribution >= 4 is 5.69 Å². The van der Waals surface area contributed by atoms with Gasteiger partial charge in [0.05, 0.1) is 11.0 Å². The normalized spacial score (nSPS) is 15.5. The van der Waals surface area contributed by atoms with E-state index in [4.69, 9.17) is 4.74 Å². The van der Waals surface area contributed by atoms with E-state index in [-0.39, 0.29) is 18.3 Å². The summed E-state index contributed by atoms with van der Waals surface area (Å²) in [5.74, 6) is 0.453. The number of benzene rings is 1. The summed E-state index contributed by atoms with van der Waals surface area (Å²) in [4.78, 5) is 14.1. The molecule has 0 aliphatic carbocycles. The number of ether oxygens (including phenoxy) is 1. The zero-order valence-corrected chi connectivity index (χ0v) is 14.2. The summed E-state index contributed by atoms with van der Waals surface area (Å²) in [6.07, 6.45) is 2.96. The Morgan fingerprint density at radius 2 is 1.96 bits per heavy atom. The molecule has 0 saturated carbocycles. The molecule has 0 bridgehead atoms. The first-order valence-corrected chi connectivity index (χ1v) is 7.59. The van der Waals surface area contributed by atoms with Gasteiger partial charge in [-0.3, -0.25) is 10.1 Å². The van der Waals surface area contributed by atoms with E-state index >= 15 is 0 Å². The molecule has 2 atom stereocenters. The average Bonchev–Trinajstić information content (AvgIpc) is 3.05. The van der Waals surface area contributed by atoms with Crippen LogP contribution in [0.5, 0.6) is 5.75 Å². The van der Waals surface area contributed by atoms with Gasteiger partial charge < -0.3 is 9.84 Å². The van der Waals surface area contributed by atoms with E-state index in [1.807, 2.05) is 27.7 Å². The minimum atomic E-state index is -1.23. The molecule has 1 heterocycles. The second-order valence-corrected chi connectivity index (χ2v) is 6.77. The van der Waals surface area contributed by atoms with Gasteiger partial charge in [-0.25, -0.2) is 9.67 Å². The van der Waals surface area contributed by atoms with Crippen LogP contribution in [0, 0.1) is 15.5 Å². The fraction of sp³-hybridized carbons (Fsp3) is 0.500. The lowest BCUT2D eigenvalue weighted by atomic mass is 9.72. The molecule has 2 unspecified atom stereocenters. The van der Waals surface area contributed by atoms with Gasteiger partial charge >= 0.3 is 0 Å². The Labute approximate surface area is 140 Å². The third-order valence-corrected chi connectivity index (χ3v) is 4.33. The Morgan fingerprint density at radius 3 is 2.42 bits per heavy atom. The molecule has 2 aromatic rings. The van der Waals surface area contributed by atoms with E-state index in [2.05, 4.69) is 10.1 Å². The fourth-order valence-corrected chi connectivity index (χ4v) is 2.46. The molecular formula is C16H22N4O4. The van der Waals surface area contributed by atoms with Crippen molar-refractivity contribution in [3.05, 3.63) is 47.0 Å². The first kappa shape index (κ1) is 17.9. The molecular weight excluding hydrogens is 312 g/mol. The molecule has 0 radical (unpaired) electrons. The van der Waals surface area contributed by atoms with Crippen molar-refractivity contribution in [2.75, 3.05) is 6.61 Å². The van der Waals surface area contributed by atoms with Gasteiger partial charge in [-0.15, -0.1) is 0 Å². The Balaban J connectivity index is 2.19. The minimum absolute atomic E-state index is 0.00926. The van der Waals surface area contributed by atoms with Crippen LogP contribution in [0.2, 0.25) is 0 Å². The predicted octanol–water partition coefficient (Wildman–Crippen LogP) is 2.60. The van der Waals surface area contributed by atoms with Crippen LogP contribution >= 0.6 is 0 Å². The number of rotatable bonds is 6. The summed E-state index contributed by atoms with van der Waals surface area (Å²) < 4.78 is 7.31. The van der Waals surface area contributed by atoms with Gasteiger partial charge in [0.25, 0.3) is 5.69 Å². The molecule has 0 saturated heterocycles. The highest BCUT2D eigenvalue weighted by molar-refractivity contribution is 5.36. The second-order valence-electron chi connectivity index (χ2n) is 6.77. The summed E-state index contributed by atoms with van der Waals surface area (Å²) >= 11 is 0. The SMILES string of the molecule is CC(n1cncn1)C(O)(COc1ccc([N+](=O)[O-])cc1)C(C)(C)C. The number of aliphatic hydroxyl groups is 1. The van der Waals surface area contributed by atoms with Crippen LogP contribution in [-0.2, 0) is 0 Å². The van der Waals surface area contributed by atoms with E-state index in [0.717, 1.165) is 0 Å². The van der Waals surface area contributed by atoms with Crippen molar-refractivity contribution in [1.29, 1.82) is 0 Å². The number of hydrogen-bond acceptors (Lipinski definition) is 6. The predicted molar refractivity (Wildman–Crippen MR) is 87.7 cm³/mol. The van der Waals surface area contributed by atoms with Crippen molar-refractivity contribution in [1.82, 2.24) is 14.8 Å². The molecule has 0 amide bonds. The van der Waals surface area contributed by atoms with E-state index in [1.165, 1.54) is 30.6 Å². The van der Waals surface area contributed by atoms with Gasteiger partial charge in [-0.2, -0.15) is 5.10 Å². The van der Waals surface area contributed by atoms with Crippen LogP contribution in [0.15, 0.2) is 36.9 Å². The van der Waals surface area contributed by atoms with E-state index in [9.17, 15) is 15.2 Å². The van der Waals surface area contributed by atoms with Gasteiger partial charge in [-0.1, -0.05) is 20.8 Å². The molecule has 0 aliphatic heterocycles. The topological polar surface area (TPSA) is 103 Å². The van der Waals surface area contributed by atoms with Gasteiger partial charge in [0.2, 0.25) is 0 Å². The number of aromatic nitrogens is 3. The molecule has 1 aromatic carbocycles. The molecule has 1 N–H and O–H groups in total. The molecule has 24 heavy (non-hydrogen) atoms. The smallest absolute Gasteiger partial charge is 0.269 e. The number of nitro benzene ring substituents is 1. The Morgan fingerprint density at radius 1 is 1.33 bits per heavy atom. The Bertz CT molecular complexity index is 679. The lowest BCUT2D eigenvalue weighted by Crippen LogP contribution is -2.53. The minimum Gasteiger partial charge on any atom is -0.490 e. The highest BCUT2D eigenvalue weighted by atomic mass is 16.6. The Hall–Kier alpha value is -2.48. The third kappa shape index (κ3) is 3.53. The molecule has 0 fully saturated rings. The van der Waals surface area contributed by atoms with E-state index in [0.29, 0.717) is 5.75 Å². The van der Waals surface area contributed by atoms with Crippen LogP contribution in [0.1, 0.15) is 33.7 Å². The number of non-ortho nitro benzene ring substituents is 1. The van der Waals surface area contributed by atoms with Crippen molar-refractivity contribution in [3.63, 3.8) is 0 Å². The highest BCUT2D eigenvalue weighted by Crippen LogP contribution is 2.39. The first-order valence-electron chi connectivity index (χ1n) is 7.59. The summed E-state index contributed by atoms with van der Waals surface area (Å²) in [6.45, 7) is 7.60. The fourth-order valence-electron chi connectivity index (χ4n) is 2.46. The molecule has 130 valence electrons.